The Morgan fingerprint density at radius 2 is 2.04 bits per heavy atom. The highest BCUT2D eigenvalue weighted by molar-refractivity contribution is 5.84. The minimum absolute atomic E-state index is 0.0146. The van der Waals surface area contributed by atoms with Crippen LogP contribution in [-0.2, 0) is 18.3 Å². The number of carbonyl (C=O) groups is 1. The minimum Gasteiger partial charge on any atom is -0.356 e. The molecule has 1 amide bonds. The molecule has 0 saturated carbocycles. The molecular weight excluding hydrogens is 304 g/mol. The number of likely N-dealkylation sites (N-methyl/N-ethyl adjacent to an activating group) is 1. The number of aromatic nitrogens is 2. The van der Waals surface area contributed by atoms with Gasteiger partial charge in [-0.25, -0.2) is 4.99 Å². The van der Waals surface area contributed by atoms with E-state index in [-0.39, 0.29) is 18.5 Å². The van der Waals surface area contributed by atoms with Gasteiger partial charge in [-0.3, -0.25) is 9.48 Å². The summed E-state index contributed by atoms with van der Waals surface area (Å²) < 4.78 is 1.91. The Hall–Kier alpha value is -2.05. The van der Waals surface area contributed by atoms with E-state index in [4.69, 9.17) is 0 Å². The first-order valence-electron chi connectivity index (χ1n) is 8.50. The number of aryl methyl sites for hydroxylation is 2. The van der Waals surface area contributed by atoms with Crippen molar-refractivity contribution in [1.29, 1.82) is 0 Å². The van der Waals surface area contributed by atoms with E-state index in [1.54, 1.807) is 19.0 Å². The maximum atomic E-state index is 11.7. The highest BCUT2D eigenvalue weighted by Gasteiger charge is 2.14. The molecule has 0 bridgehead atoms. The summed E-state index contributed by atoms with van der Waals surface area (Å²) in [4.78, 5) is 17.7. The predicted molar refractivity (Wildman–Crippen MR) is 98.3 cm³/mol. The fourth-order valence-corrected chi connectivity index (χ4v) is 2.39. The molecule has 1 unspecified atom stereocenters. The zero-order valence-corrected chi connectivity index (χ0v) is 16.1. The first-order valence-corrected chi connectivity index (χ1v) is 8.50. The third-order valence-corrected chi connectivity index (χ3v) is 3.97. The van der Waals surface area contributed by atoms with E-state index < -0.39 is 0 Å². The quantitative estimate of drug-likeness (QED) is 0.575. The average molecular weight is 336 g/mol. The molecule has 1 rings (SSSR count). The fraction of sp³-hybridized carbons (Fsp3) is 0.706. The van der Waals surface area contributed by atoms with E-state index >= 15 is 0 Å². The molecular formula is C17H32N6O. The Morgan fingerprint density at radius 3 is 2.54 bits per heavy atom. The molecule has 0 spiro atoms. The molecule has 2 N–H and O–H groups in total. The van der Waals surface area contributed by atoms with Crippen LogP contribution in [0.25, 0.3) is 0 Å². The number of nitrogens with one attached hydrogen (secondary N) is 2. The van der Waals surface area contributed by atoms with Gasteiger partial charge in [0.2, 0.25) is 5.91 Å². The molecule has 1 heterocycles. The molecule has 0 aliphatic heterocycles. The summed E-state index contributed by atoms with van der Waals surface area (Å²) in [5.41, 5.74) is 3.51. The number of rotatable bonds is 7. The molecule has 24 heavy (non-hydrogen) atoms. The summed E-state index contributed by atoms with van der Waals surface area (Å²) in [7, 11) is 5.44. The van der Waals surface area contributed by atoms with Gasteiger partial charge in [0.05, 0.1) is 5.69 Å². The fourth-order valence-electron chi connectivity index (χ4n) is 2.39. The van der Waals surface area contributed by atoms with E-state index in [1.807, 2.05) is 18.7 Å². The van der Waals surface area contributed by atoms with Crippen LogP contribution >= 0.6 is 0 Å². The van der Waals surface area contributed by atoms with Gasteiger partial charge >= 0.3 is 0 Å². The summed E-state index contributed by atoms with van der Waals surface area (Å²) in [5, 5.41) is 11.1. The van der Waals surface area contributed by atoms with Crippen molar-refractivity contribution in [3.05, 3.63) is 17.0 Å². The first kappa shape index (κ1) is 20.0. The van der Waals surface area contributed by atoms with E-state index in [0.29, 0.717) is 5.96 Å². The van der Waals surface area contributed by atoms with Crippen LogP contribution in [0.4, 0.5) is 0 Å². The van der Waals surface area contributed by atoms with Gasteiger partial charge in [-0.2, -0.15) is 5.10 Å². The number of nitrogens with zero attached hydrogens (tertiary/aromatic N) is 4. The van der Waals surface area contributed by atoms with Gasteiger partial charge in [0.25, 0.3) is 0 Å². The molecule has 136 valence electrons. The van der Waals surface area contributed by atoms with Crippen LogP contribution in [0.1, 0.15) is 37.2 Å². The third-order valence-electron chi connectivity index (χ3n) is 3.97. The Labute approximate surface area is 145 Å². The lowest BCUT2D eigenvalue weighted by Gasteiger charge is -2.19. The van der Waals surface area contributed by atoms with Crippen molar-refractivity contribution in [1.82, 2.24) is 25.3 Å². The molecule has 7 nitrogen and oxygen atoms in total. The lowest BCUT2D eigenvalue weighted by molar-refractivity contribution is -0.127. The van der Waals surface area contributed by atoms with E-state index in [1.165, 1.54) is 11.3 Å². The molecule has 1 aromatic rings. The molecule has 0 aliphatic carbocycles. The first-order chi connectivity index (χ1) is 11.3. The highest BCUT2D eigenvalue weighted by Crippen LogP contribution is 2.14. The van der Waals surface area contributed by atoms with Gasteiger partial charge in [-0.1, -0.05) is 6.92 Å². The summed E-state index contributed by atoms with van der Waals surface area (Å²) in [6, 6.07) is 0.184. The highest BCUT2D eigenvalue weighted by atomic mass is 16.2. The number of hydrogen-bond donors (Lipinski definition) is 2. The van der Waals surface area contributed by atoms with Gasteiger partial charge in [-0.15, -0.1) is 0 Å². The monoisotopic (exact) mass is 336 g/mol. The summed E-state index contributed by atoms with van der Waals surface area (Å²) in [6.07, 6.45) is 1.86. The van der Waals surface area contributed by atoms with E-state index in [2.05, 4.69) is 41.5 Å². The minimum atomic E-state index is -0.0146. The predicted octanol–water partition coefficient (Wildman–Crippen LogP) is 1.00. The normalized spacial score (nSPS) is 12.9. The van der Waals surface area contributed by atoms with Crippen molar-refractivity contribution < 1.29 is 4.79 Å². The summed E-state index contributed by atoms with van der Waals surface area (Å²) >= 11 is 0. The second-order valence-corrected chi connectivity index (χ2v) is 6.40. The van der Waals surface area contributed by atoms with E-state index in [9.17, 15) is 4.79 Å². The van der Waals surface area contributed by atoms with Gasteiger partial charge in [0, 0.05) is 39.4 Å². The SMILES string of the molecule is CCCNC(=NCC(=O)N(C)C)NC(C)Cc1c(C)nn(C)c1C. The van der Waals surface area contributed by atoms with Crippen LogP contribution in [0.15, 0.2) is 4.99 Å². The van der Waals surface area contributed by atoms with Gasteiger partial charge in [0.1, 0.15) is 6.54 Å². The Morgan fingerprint density at radius 1 is 1.38 bits per heavy atom. The van der Waals surface area contributed by atoms with Crippen molar-refractivity contribution in [2.75, 3.05) is 27.2 Å². The molecule has 0 aliphatic rings. The molecule has 1 atom stereocenters. The smallest absolute Gasteiger partial charge is 0.243 e. The van der Waals surface area contributed by atoms with Crippen LogP contribution in [0.2, 0.25) is 0 Å². The van der Waals surface area contributed by atoms with Crippen LogP contribution in [0, 0.1) is 13.8 Å². The van der Waals surface area contributed by atoms with Crippen LogP contribution in [0.3, 0.4) is 0 Å². The summed E-state index contributed by atoms with van der Waals surface area (Å²) in [6.45, 7) is 9.30. The maximum Gasteiger partial charge on any atom is 0.243 e. The maximum absolute atomic E-state index is 11.7. The lowest BCUT2D eigenvalue weighted by Crippen LogP contribution is -2.44. The third kappa shape index (κ3) is 5.86. The van der Waals surface area contributed by atoms with Crippen LogP contribution in [0.5, 0.6) is 0 Å². The molecule has 0 saturated heterocycles. The van der Waals surface area contributed by atoms with Gasteiger partial charge in [-0.05, 0) is 39.2 Å². The summed E-state index contributed by atoms with van der Waals surface area (Å²) in [5.74, 6) is 0.665. The van der Waals surface area contributed by atoms with Crippen LogP contribution < -0.4 is 10.6 Å². The van der Waals surface area contributed by atoms with Crippen molar-refractivity contribution >= 4 is 11.9 Å². The molecule has 0 fully saturated rings. The average Bonchev–Trinajstić information content (AvgIpc) is 2.75. The Bertz CT molecular complexity index is 576. The Kier molecular flexibility index (Phi) is 7.74. The van der Waals surface area contributed by atoms with Crippen molar-refractivity contribution in [3.63, 3.8) is 0 Å². The second kappa shape index (κ2) is 9.30. The zero-order valence-electron chi connectivity index (χ0n) is 16.1. The number of guanidine groups is 1. The number of hydrogen-bond acceptors (Lipinski definition) is 3. The number of amides is 1. The molecule has 1 aromatic heterocycles. The van der Waals surface area contributed by atoms with Gasteiger partial charge in [0.15, 0.2) is 5.96 Å². The topological polar surface area (TPSA) is 74.6 Å². The number of carbonyl (C=O) groups excluding carboxylic acids is 1. The number of aliphatic imine (C=N–C) groups is 1. The zero-order chi connectivity index (χ0) is 18.3. The molecule has 0 radical (unpaired) electrons. The van der Waals surface area contributed by atoms with Crippen molar-refractivity contribution in [3.8, 4) is 0 Å². The Balaban J connectivity index is 2.74. The molecule has 7 heteroatoms. The largest absolute Gasteiger partial charge is 0.356 e. The second-order valence-electron chi connectivity index (χ2n) is 6.40. The van der Waals surface area contributed by atoms with E-state index in [0.717, 1.165) is 25.1 Å². The molecule has 0 aromatic carbocycles. The van der Waals surface area contributed by atoms with Gasteiger partial charge < -0.3 is 15.5 Å². The standard InChI is InChI=1S/C17H32N6O/c1-8-9-18-17(19-11-16(24)22(5)6)20-12(2)10-15-13(3)21-23(7)14(15)4/h12H,8-11H2,1-7H3,(H2,18,19,20). The lowest BCUT2D eigenvalue weighted by atomic mass is 10.1. The van der Waals surface area contributed by atoms with Crippen LogP contribution in [-0.4, -0.2) is 59.8 Å². The van der Waals surface area contributed by atoms with Crippen molar-refractivity contribution in [2.45, 2.75) is 46.6 Å². The van der Waals surface area contributed by atoms with Crippen molar-refractivity contribution in [2.24, 2.45) is 12.0 Å².